The zero-order chi connectivity index (χ0) is 17.9. The third kappa shape index (κ3) is 4.07. The van der Waals surface area contributed by atoms with Crippen LogP contribution in [0.1, 0.15) is 25.7 Å². The monoisotopic (exact) mass is 368 g/mol. The summed E-state index contributed by atoms with van der Waals surface area (Å²) in [6, 6.07) is 6.62. The molecule has 0 bridgehead atoms. The summed E-state index contributed by atoms with van der Waals surface area (Å²) in [5.74, 6) is 0.710. The number of piperazine rings is 1. The molecule has 0 aromatic heterocycles. The third-order valence-corrected chi connectivity index (χ3v) is 6.65. The maximum Gasteiger partial charge on any atom is 0.409 e. The highest BCUT2D eigenvalue weighted by Gasteiger charge is 2.30. The molecular weight excluding hydrogens is 344 g/mol. The van der Waals surface area contributed by atoms with Crippen molar-refractivity contribution in [3.05, 3.63) is 24.3 Å². The number of nitrogens with zero attached hydrogens (tertiary/aromatic N) is 2. The van der Waals surface area contributed by atoms with Crippen molar-refractivity contribution in [1.29, 1.82) is 0 Å². The van der Waals surface area contributed by atoms with E-state index in [-0.39, 0.29) is 24.1 Å². The van der Waals surface area contributed by atoms with Gasteiger partial charge in [0.1, 0.15) is 5.75 Å². The first kappa shape index (κ1) is 18.0. The second-order valence-corrected chi connectivity index (χ2v) is 8.29. The fourth-order valence-electron chi connectivity index (χ4n) is 3.28. The van der Waals surface area contributed by atoms with E-state index in [1.165, 1.54) is 29.2 Å². The van der Waals surface area contributed by atoms with E-state index < -0.39 is 16.1 Å². The lowest BCUT2D eigenvalue weighted by molar-refractivity contribution is 0.108. The van der Waals surface area contributed by atoms with Gasteiger partial charge in [-0.2, -0.15) is 4.31 Å². The number of benzene rings is 1. The number of amides is 1. The quantitative estimate of drug-likeness (QED) is 0.813. The van der Waals surface area contributed by atoms with E-state index >= 15 is 0 Å². The molecule has 1 aliphatic heterocycles. The first-order valence-electron chi connectivity index (χ1n) is 8.60. The number of methoxy groups -OCH3 is 1. The van der Waals surface area contributed by atoms with Gasteiger partial charge in [0.15, 0.2) is 0 Å². The Morgan fingerprint density at radius 3 is 2.20 bits per heavy atom. The van der Waals surface area contributed by atoms with Crippen molar-refractivity contribution < 1.29 is 22.7 Å². The van der Waals surface area contributed by atoms with Crippen molar-refractivity contribution in [2.24, 2.45) is 0 Å². The molecule has 0 radical (unpaired) electrons. The molecule has 1 saturated heterocycles. The number of hydrogen-bond acceptors (Lipinski definition) is 5. The minimum atomic E-state index is -3.56. The molecule has 2 aliphatic rings. The maximum atomic E-state index is 12.7. The van der Waals surface area contributed by atoms with E-state index in [0.717, 1.165) is 12.8 Å². The normalized spacial score (nSPS) is 19.8. The molecule has 138 valence electrons. The molecule has 3 rings (SSSR count). The smallest absolute Gasteiger partial charge is 0.409 e. The number of sulfonamides is 1. The van der Waals surface area contributed by atoms with Gasteiger partial charge in [-0.25, -0.2) is 13.2 Å². The molecule has 1 aromatic carbocycles. The first-order chi connectivity index (χ1) is 12.0. The predicted octanol–water partition coefficient (Wildman–Crippen LogP) is 2.08. The van der Waals surface area contributed by atoms with Crippen molar-refractivity contribution in [3.63, 3.8) is 0 Å². The highest BCUT2D eigenvalue weighted by molar-refractivity contribution is 7.89. The highest BCUT2D eigenvalue weighted by atomic mass is 32.2. The Labute approximate surface area is 148 Å². The lowest BCUT2D eigenvalue weighted by atomic mass is 10.3. The van der Waals surface area contributed by atoms with Gasteiger partial charge in [-0.05, 0) is 49.9 Å². The Morgan fingerprint density at radius 1 is 1.04 bits per heavy atom. The van der Waals surface area contributed by atoms with E-state index in [0.29, 0.717) is 18.8 Å². The molecule has 8 heteroatoms. The number of hydrogen-bond donors (Lipinski definition) is 0. The van der Waals surface area contributed by atoms with Crippen LogP contribution in [0.15, 0.2) is 29.2 Å². The van der Waals surface area contributed by atoms with Crippen LogP contribution < -0.4 is 4.74 Å². The Morgan fingerprint density at radius 2 is 1.64 bits per heavy atom. The average molecular weight is 368 g/mol. The third-order valence-electron chi connectivity index (χ3n) is 4.74. The molecule has 7 nitrogen and oxygen atoms in total. The van der Waals surface area contributed by atoms with Crippen LogP contribution in [0.5, 0.6) is 5.75 Å². The first-order valence-corrected chi connectivity index (χ1v) is 10.0. The summed E-state index contributed by atoms with van der Waals surface area (Å²) in [5, 5.41) is 0. The van der Waals surface area contributed by atoms with E-state index in [1.807, 2.05) is 0 Å². The fourth-order valence-corrected chi connectivity index (χ4v) is 4.70. The van der Waals surface area contributed by atoms with Gasteiger partial charge in [-0.3, -0.25) is 0 Å². The largest absolute Gasteiger partial charge is 0.490 e. The molecule has 1 aromatic rings. The predicted molar refractivity (Wildman–Crippen MR) is 92.1 cm³/mol. The van der Waals surface area contributed by atoms with Crippen LogP contribution in [0.25, 0.3) is 0 Å². The molecule has 1 aliphatic carbocycles. The second-order valence-electron chi connectivity index (χ2n) is 6.36. The van der Waals surface area contributed by atoms with Crippen LogP contribution in [0.4, 0.5) is 4.79 Å². The van der Waals surface area contributed by atoms with Gasteiger partial charge in [-0.1, -0.05) is 0 Å². The lowest BCUT2D eigenvalue weighted by Gasteiger charge is -2.33. The zero-order valence-corrected chi connectivity index (χ0v) is 15.2. The highest BCUT2D eigenvalue weighted by Crippen LogP contribution is 2.26. The Kier molecular flexibility index (Phi) is 5.48. The number of ether oxygens (including phenoxy) is 2. The number of carbonyl (C=O) groups excluding carboxylic acids is 1. The van der Waals surface area contributed by atoms with Crippen LogP contribution in [0, 0.1) is 0 Å². The topological polar surface area (TPSA) is 76.2 Å². The van der Waals surface area contributed by atoms with Crippen molar-refractivity contribution in [2.45, 2.75) is 36.7 Å². The number of rotatable bonds is 4. The van der Waals surface area contributed by atoms with Gasteiger partial charge in [0.05, 0.1) is 18.1 Å². The van der Waals surface area contributed by atoms with Crippen LogP contribution in [-0.2, 0) is 14.8 Å². The van der Waals surface area contributed by atoms with Crippen molar-refractivity contribution in [3.8, 4) is 5.75 Å². The molecule has 2 fully saturated rings. The van der Waals surface area contributed by atoms with Gasteiger partial charge in [-0.15, -0.1) is 0 Å². The van der Waals surface area contributed by atoms with Crippen LogP contribution in [0.2, 0.25) is 0 Å². The van der Waals surface area contributed by atoms with Crippen LogP contribution in [-0.4, -0.2) is 63.1 Å². The van der Waals surface area contributed by atoms with Crippen molar-refractivity contribution in [2.75, 3.05) is 33.3 Å². The van der Waals surface area contributed by atoms with E-state index in [2.05, 4.69) is 4.74 Å². The molecular formula is C17H24N2O5S. The summed E-state index contributed by atoms with van der Waals surface area (Å²) in [6.45, 7) is 1.18. The molecule has 0 spiro atoms. The Hall–Kier alpha value is -1.80. The second kappa shape index (κ2) is 7.61. The summed E-state index contributed by atoms with van der Waals surface area (Å²) in [7, 11) is -2.24. The molecule has 0 atom stereocenters. The molecule has 0 unspecified atom stereocenters. The van der Waals surface area contributed by atoms with E-state index in [4.69, 9.17) is 4.74 Å². The minimum absolute atomic E-state index is 0.244. The molecule has 1 amide bonds. The van der Waals surface area contributed by atoms with Gasteiger partial charge in [0.25, 0.3) is 0 Å². The van der Waals surface area contributed by atoms with Crippen molar-refractivity contribution >= 4 is 16.1 Å². The lowest BCUT2D eigenvalue weighted by Crippen LogP contribution is -2.50. The summed E-state index contributed by atoms with van der Waals surface area (Å²) in [4.78, 5) is 13.2. The molecule has 1 heterocycles. The van der Waals surface area contributed by atoms with Gasteiger partial charge < -0.3 is 14.4 Å². The molecule has 0 N–H and O–H groups in total. The fraction of sp³-hybridized carbons (Fsp3) is 0.588. The SMILES string of the molecule is COC(=O)N1CCN(S(=O)(=O)c2ccc(OC3CCCC3)cc2)CC1. The van der Waals surface area contributed by atoms with Gasteiger partial charge in [0, 0.05) is 26.2 Å². The molecule has 1 saturated carbocycles. The van der Waals surface area contributed by atoms with Crippen molar-refractivity contribution in [1.82, 2.24) is 9.21 Å². The summed E-state index contributed by atoms with van der Waals surface area (Å²) in [6.07, 6.45) is 4.32. The summed E-state index contributed by atoms with van der Waals surface area (Å²) in [5.41, 5.74) is 0. The molecule has 25 heavy (non-hydrogen) atoms. The Bertz CT molecular complexity index is 690. The summed E-state index contributed by atoms with van der Waals surface area (Å²) < 4.78 is 37.4. The number of carbonyl (C=O) groups is 1. The zero-order valence-electron chi connectivity index (χ0n) is 14.4. The minimum Gasteiger partial charge on any atom is -0.490 e. The van der Waals surface area contributed by atoms with Crippen LogP contribution in [0.3, 0.4) is 0 Å². The van der Waals surface area contributed by atoms with Crippen LogP contribution >= 0.6 is 0 Å². The summed E-state index contributed by atoms with van der Waals surface area (Å²) >= 11 is 0. The van der Waals surface area contributed by atoms with E-state index in [9.17, 15) is 13.2 Å². The standard InChI is InChI=1S/C17H24N2O5S/c1-23-17(20)18-10-12-19(13-11-18)25(21,22)16-8-6-15(7-9-16)24-14-4-2-3-5-14/h6-9,14H,2-5,10-13H2,1H3. The van der Waals surface area contributed by atoms with Gasteiger partial charge >= 0.3 is 6.09 Å². The Balaban J connectivity index is 1.63. The van der Waals surface area contributed by atoms with E-state index in [1.54, 1.807) is 24.3 Å². The average Bonchev–Trinajstić information content (AvgIpc) is 3.14. The van der Waals surface area contributed by atoms with Gasteiger partial charge in [0.2, 0.25) is 10.0 Å². The maximum absolute atomic E-state index is 12.7.